The molecule has 2 unspecified atom stereocenters. The lowest BCUT2D eigenvalue weighted by Crippen LogP contribution is -2.42. The number of rotatable bonds is 7. The van der Waals surface area contributed by atoms with Gasteiger partial charge < -0.3 is 4.90 Å². The summed E-state index contributed by atoms with van der Waals surface area (Å²) in [7, 11) is -3.54. The first-order chi connectivity index (χ1) is 14.3. The van der Waals surface area contributed by atoms with Gasteiger partial charge in [0, 0.05) is 30.7 Å². The summed E-state index contributed by atoms with van der Waals surface area (Å²) < 4.78 is 27.7. The Labute approximate surface area is 180 Å². The maximum absolute atomic E-state index is 13.2. The minimum absolute atomic E-state index is 0.0110. The number of nitrogens with zero attached hydrogens (tertiary/aromatic N) is 2. The van der Waals surface area contributed by atoms with E-state index in [1.807, 2.05) is 49.1 Å². The van der Waals surface area contributed by atoms with Crippen LogP contribution < -0.4 is 0 Å². The summed E-state index contributed by atoms with van der Waals surface area (Å²) in [5.74, 6) is -0.0801. The van der Waals surface area contributed by atoms with Gasteiger partial charge in [-0.25, -0.2) is 8.42 Å². The summed E-state index contributed by atoms with van der Waals surface area (Å²) in [4.78, 5) is 15.3. The van der Waals surface area contributed by atoms with Crippen molar-refractivity contribution < 1.29 is 13.2 Å². The predicted octanol–water partition coefficient (Wildman–Crippen LogP) is 4.69. The zero-order valence-electron chi connectivity index (χ0n) is 18.1. The first kappa shape index (κ1) is 22.5. The molecule has 1 amide bonds. The van der Waals surface area contributed by atoms with E-state index in [-0.39, 0.29) is 22.9 Å². The van der Waals surface area contributed by atoms with E-state index in [0.29, 0.717) is 18.7 Å². The average molecular weight is 429 g/mol. The van der Waals surface area contributed by atoms with E-state index < -0.39 is 10.0 Å². The molecule has 162 valence electrons. The Morgan fingerprint density at radius 2 is 1.77 bits per heavy atom. The van der Waals surface area contributed by atoms with Gasteiger partial charge in [-0.3, -0.25) is 4.79 Å². The molecule has 1 aliphatic rings. The van der Waals surface area contributed by atoms with Crippen molar-refractivity contribution >= 4 is 15.9 Å². The molecule has 0 bridgehead atoms. The quantitative estimate of drug-likeness (QED) is 0.643. The molecule has 0 aromatic heterocycles. The molecule has 1 fully saturated rings. The van der Waals surface area contributed by atoms with Crippen LogP contribution in [0.4, 0.5) is 0 Å². The van der Waals surface area contributed by atoms with Gasteiger partial charge in [-0.15, -0.1) is 0 Å². The lowest BCUT2D eigenvalue weighted by Gasteiger charge is -2.32. The summed E-state index contributed by atoms with van der Waals surface area (Å²) in [5, 5.41) is 0. The highest BCUT2D eigenvalue weighted by Crippen LogP contribution is 2.25. The molecule has 0 N–H and O–H groups in total. The smallest absolute Gasteiger partial charge is 0.254 e. The minimum atomic E-state index is -3.54. The molecular formula is C24H32N2O3S. The first-order valence-corrected chi connectivity index (χ1v) is 12.3. The van der Waals surface area contributed by atoms with Crippen molar-refractivity contribution in [2.45, 2.75) is 70.0 Å². The number of amides is 1. The Balaban J connectivity index is 1.81. The summed E-state index contributed by atoms with van der Waals surface area (Å²) >= 11 is 0. The van der Waals surface area contributed by atoms with Gasteiger partial charge in [0.05, 0.1) is 4.90 Å². The van der Waals surface area contributed by atoms with Crippen LogP contribution in [0, 0.1) is 0 Å². The topological polar surface area (TPSA) is 57.7 Å². The van der Waals surface area contributed by atoms with E-state index >= 15 is 0 Å². The Morgan fingerprint density at radius 1 is 1.10 bits per heavy atom. The Bertz CT molecular complexity index is 942. The predicted molar refractivity (Wildman–Crippen MR) is 120 cm³/mol. The SMILES string of the molecule is CCC(C)N(Cc1ccccc1)C(=O)c1ccc(S(=O)(=O)N2CCCCC2C)cc1. The zero-order chi connectivity index (χ0) is 21.7. The highest BCUT2D eigenvalue weighted by Gasteiger charge is 2.31. The Hall–Kier alpha value is -2.18. The van der Waals surface area contributed by atoms with Crippen LogP contribution in [0.2, 0.25) is 0 Å². The van der Waals surface area contributed by atoms with Gasteiger partial charge in [-0.2, -0.15) is 4.31 Å². The maximum atomic E-state index is 13.2. The zero-order valence-corrected chi connectivity index (χ0v) is 18.9. The van der Waals surface area contributed by atoms with Crippen molar-refractivity contribution in [3.8, 4) is 0 Å². The second kappa shape index (κ2) is 9.75. The second-order valence-corrected chi connectivity index (χ2v) is 10.1. The average Bonchev–Trinajstić information content (AvgIpc) is 2.77. The lowest BCUT2D eigenvalue weighted by atomic mass is 10.1. The van der Waals surface area contributed by atoms with Gasteiger partial charge in [0.15, 0.2) is 0 Å². The van der Waals surface area contributed by atoms with Gasteiger partial charge in [0.2, 0.25) is 10.0 Å². The second-order valence-electron chi connectivity index (χ2n) is 8.16. The van der Waals surface area contributed by atoms with Crippen molar-refractivity contribution in [3.63, 3.8) is 0 Å². The number of hydrogen-bond acceptors (Lipinski definition) is 3. The summed E-state index contributed by atoms with van der Waals surface area (Å²) in [6.45, 7) is 7.15. The molecule has 0 spiro atoms. The Morgan fingerprint density at radius 3 is 2.37 bits per heavy atom. The third-order valence-electron chi connectivity index (χ3n) is 6.03. The number of sulfonamides is 1. The lowest BCUT2D eigenvalue weighted by molar-refractivity contribution is 0.0671. The molecule has 2 atom stereocenters. The van der Waals surface area contributed by atoms with Crippen LogP contribution in [0.15, 0.2) is 59.5 Å². The number of piperidine rings is 1. The molecule has 6 heteroatoms. The van der Waals surface area contributed by atoms with Crippen LogP contribution in [0.1, 0.15) is 62.4 Å². The van der Waals surface area contributed by atoms with Crippen molar-refractivity contribution in [3.05, 3.63) is 65.7 Å². The van der Waals surface area contributed by atoms with E-state index in [4.69, 9.17) is 0 Å². The molecule has 1 saturated heterocycles. The van der Waals surface area contributed by atoms with E-state index in [9.17, 15) is 13.2 Å². The largest absolute Gasteiger partial charge is 0.332 e. The highest BCUT2D eigenvalue weighted by atomic mass is 32.2. The number of carbonyl (C=O) groups is 1. The monoisotopic (exact) mass is 428 g/mol. The highest BCUT2D eigenvalue weighted by molar-refractivity contribution is 7.89. The number of hydrogen-bond donors (Lipinski definition) is 0. The molecule has 2 aromatic carbocycles. The number of carbonyl (C=O) groups excluding carboxylic acids is 1. The van der Waals surface area contributed by atoms with Crippen LogP contribution in [-0.2, 0) is 16.6 Å². The summed E-state index contributed by atoms with van der Waals surface area (Å²) in [6.07, 6.45) is 3.69. The van der Waals surface area contributed by atoms with Gasteiger partial charge in [0.1, 0.15) is 0 Å². The van der Waals surface area contributed by atoms with Crippen molar-refractivity contribution in [1.82, 2.24) is 9.21 Å². The van der Waals surface area contributed by atoms with Crippen LogP contribution in [0.25, 0.3) is 0 Å². The van der Waals surface area contributed by atoms with E-state index in [0.717, 1.165) is 31.2 Å². The molecular weight excluding hydrogens is 396 g/mol. The fraction of sp³-hybridized carbons (Fsp3) is 0.458. The fourth-order valence-electron chi connectivity index (χ4n) is 3.93. The molecule has 2 aromatic rings. The Kier molecular flexibility index (Phi) is 7.32. The fourth-order valence-corrected chi connectivity index (χ4v) is 5.63. The van der Waals surface area contributed by atoms with E-state index in [2.05, 4.69) is 6.92 Å². The first-order valence-electron chi connectivity index (χ1n) is 10.8. The third-order valence-corrected chi connectivity index (χ3v) is 8.06. The molecule has 0 aliphatic carbocycles. The van der Waals surface area contributed by atoms with Crippen molar-refractivity contribution in [2.24, 2.45) is 0 Å². The van der Waals surface area contributed by atoms with Crippen LogP contribution in [0.3, 0.4) is 0 Å². The normalized spacial score (nSPS) is 18.7. The van der Waals surface area contributed by atoms with Crippen molar-refractivity contribution in [1.29, 1.82) is 0 Å². The van der Waals surface area contributed by atoms with Gasteiger partial charge in [-0.05, 0) is 62.9 Å². The molecule has 30 heavy (non-hydrogen) atoms. The maximum Gasteiger partial charge on any atom is 0.254 e. The molecule has 3 rings (SSSR count). The molecule has 1 heterocycles. The van der Waals surface area contributed by atoms with E-state index in [1.54, 1.807) is 28.6 Å². The minimum Gasteiger partial charge on any atom is -0.332 e. The standard InChI is InChI=1S/C24H32N2O3S/c1-4-19(2)25(18-21-11-6-5-7-12-21)24(27)22-13-15-23(16-14-22)30(28,29)26-17-9-8-10-20(26)3/h5-7,11-16,19-20H,4,8-10,17-18H2,1-3H3. The van der Waals surface area contributed by atoms with Crippen LogP contribution >= 0.6 is 0 Å². The molecule has 0 saturated carbocycles. The van der Waals surface area contributed by atoms with E-state index in [1.165, 1.54) is 0 Å². The van der Waals surface area contributed by atoms with Gasteiger partial charge >= 0.3 is 0 Å². The van der Waals surface area contributed by atoms with Crippen molar-refractivity contribution in [2.75, 3.05) is 6.54 Å². The van der Waals surface area contributed by atoms with Gasteiger partial charge in [0.25, 0.3) is 5.91 Å². The third kappa shape index (κ3) is 4.93. The summed E-state index contributed by atoms with van der Waals surface area (Å²) in [6, 6.07) is 16.4. The van der Waals surface area contributed by atoms with Crippen LogP contribution in [0.5, 0.6) is 0 Å². The molecule has 1 aliphatic heterocycles. The molecule has 0 radical (unpaired) electrons. The van der Waals surface area contributed by atoms with Gasteiger partial charge in [-0.1, -0.05) is 43.7 Å². The summed E-state index contributed by atoms with van der Waals surface area (Å²) in [5.41, 5.74) is 1.58. The molecule has 5 nitrogen and oxygen atoms in total. The van der Waals surface area contributed by atoms with Crippen LogP contribution in [-0.4, -0.2) is 42.2 Å². The number of benzene rings is 2.